The van der Waals surface area contributed by atoms with E-state index in [2.05, 4.69) is 37.9 Å². The number of hydrogen-bond donors (Lipinski definition) is 1. The standard InChI is InChI=1S/C17H36N2/c1-5-8-10-16(6-2)13-19-12-9-11-17(14-19)15(4)18-7-3/h15-18H,5-14H2,1-4H3. The zero-order chi connectivity index (χ0) is 14.1. The van der Waals surface area contributed by atoms with Gasteiger partial charge in [0.25, 0.3) is 0 Å². The van der Waals surface area contributed by atoms with Crippen LogP contribution in [0.5, 0.6) is 0 Å². The van der Waals surface area contributed by atoms with Gasteiger partial charge in [-0.05, 0) is 51.1 Å². The van der Waals surface area contributed by atoms with Gasteiger partial charge in [0.2, 0.25) is 0 Å². The Morgan fingerprint density at radius 3 is 2.68 bits per heavy atom. The van der Waals surface area contributed by atoms with E-state index in [9.17, 15) is 0 Å². The molecule has 0 aromatic carbocycles. The number of likely N-dealkylation sites (tertiary alicyclic amines) is 1. The van der Waals surface area contributed by atoms with E-state index < -0.39 is 0 Å². The molecule has 0 aliphatic carbocycles. The third kappa shape index (κ3) is 6.27. The van der Waals surface area contributed by atoms with Crippen LogP contribution in [0, 0.1) is 11.8 Å². The number of rotatable bonds is 9. The molecular formula is C17H36N2. The van der Waals surface area contributed by atoms with Gasteiger partial charge in [0.1, 0.15) is 0 Å². The lowest BCUT2D eigenvalue weighted by Crippen LogP contribution is -2.45. The van der Waals surface area contributed by atoms with E-state index in [0.29, 0.717) is 6.04 Å². The minimum absolute atomic E-state index is 0.684. The average molecular weight is 268 g/mol. The highest BCUT2D eigenvalue weighted by atomic mass is 15.1. The first-order chi connectivity index (χ1) is 9.21. The van der Waals surface area contributed by atoms with Gasteiger partial charge in [-0.15, -0.1) is 0 Å². The molecule has 2 nitrogen and oxygen atoms in total. The fourth-order valence-electron chi connectivity index (χ4n) is 3.44. The van der Waals surface area contributed by atoms with Crippen molar-refractivity contribution in [2.24, 2.45) is 11.8 Å². The maximum absolute atomic E-state index is 3.61. The van der Waals surface area contributed by atoms with E-state index in [0.717, 1.165) is 18.4 Å². The van der Waals surface area contributed by atoms with Gasteiger partial charge in [0, 0.05) is 19.1 Å². The van der Waals surface area contributed by atoms with E-state index in [-0.39, 0.29) is 0 Å². The van der Waals surface area contributed by atoms with Crippen molar-refractivity contribution in [2.75, 3.05) is 26.2 Å². The topological polar surface area (TPSA) is 15.3 Å². The Hall–Kier alpha value is -0.0800. The van der Waals surface area contributed by atoms with Crippen molar-refractivity contribution >= 4 is 0 Å². The van der Waals surface area contributed by atoms with Crippen LogP contribution in [0.4, 0.5) is 0 Å². The molecule has 0 radical (unpaired) electrons. The summed E-state index contributed by atoms with van der Waals surface area (Å²) in [6.07, 6.45) is 8.34. The maximum atomic E-state index is 3.61. The quantitative estimate of drug-likeness (QED) is 0.682. The molecule has 1 fully saturated rings. The summed E-state index contributed by atoms with van der Waals surface area (Å²) in [5.74, 6) is 1.78. The van der Waals surface area contributed by atoms with Crippen LogP contribution in [0.15, 0.2) is 0 Å². The molecule has 0 aromatic rings. The lowest BCUT2D eigenvalue weighted by Gasteiger charge is -2.37. The zero-order valence-corrected chi connectivity index (χ0v) is 13.8. The summed E-state index contributed by atoms with van der Waals surface area (Å²) in [7, 11) is 0. The molecule has 1 heterocycles. The second-order valence-corrected chi connectivity index (χ2v) is 6.42. The van der Waals surface area contributed by atoms with Gasteiger partial charge in [-0.3, -0.25) is 0 Å². The summed E-state index contributed by atoms with van der Waals surface area (Å²) in [6, 6.07) is 0.684. The molecule has 2 heteroatoms. The van der Waals surface area contributed by atoms with Crippen LogP contribution in [0.3, 0.4) is 0 Å². The lowest BCUT2D eigenvalue weighted by atomic mass is 9.90. The van der Waals surface area contributed by atoms with Gasteiger partial charge in [-0.25, -0.2) is 0 Å². The van der Waals surface area contributed by atoms with Crippen molar-refractivity contribution in [2.45, 2.75) is 72.3 Å². The molecule has 0 bridgehead atoms. The summed E-state index contributed by atoms with van der Waals surface area (Å²) in [6.45, 7) is 14.3. The van der Waals surface area contributed by atoms with Gasteiger partial charge in [0.15, 0.2) is 0 Å². The SMILES string of the molecule is CCCCC(CC)CN1CCCC(C(C)NCC)C1. The summed E-state index contributed by atoms with van der Waals surface area (Å²) in [4.78, 5) is 2.74. The number of unbranched alkanes of at least 4 members (excludes halogenated alkanes) is 1. The summed E-state index contributed by atoms with van der Waals surface area (Å²) >= 11 is 0. The van der Waals surface area contributed by atoms with Gasteiger partial charge in [-0.2, -0.15) is 0 Å². The van der Waals surface area contributed by atoms with Crippen molar-refractivity contribution in [3.05, 3.63) is 0 Å². The summed E-state index contributed by atoms with van der Waals surface area (Å²) in [5, 5.41) is 3.61. The van der Waals surface area contributed by atoms with Crippen molar-refractivity contribution in [3.8, 4) is 0 Å². The predicted molar refractivity (Wildman–Crippen MR) is 85.6 cm³/mol. The number of hydrogen-bond acceptors (Lipinski definition) is 2. The summed E-state index contributed by atoms with van der Waals surface area (Å²) in [5.41, 5.74) is 0. The third-order valence-electron chi connectivity index (χ3n) is 4.83. The molecule has 0 amide bonds. The van der Waals surface area contributed by atoms with Crippen LogP contribution in [-0.4, -0.2) is 37.1 Å². The molecule has 0 spiro atoms. The predicted octanol–water partition coefficient (Wildman–Crippen LogP) is 3.91. The van der Waals surface area contributed by atoms with Gasteiger partial charge >= 0.3 is 0 Å². The van der Waals surface area contributed by atoms with Gasteiger partial charge in [-0.1, -0.05) is 40.0 Å². The Balaban J connectivity index is 2.36. The van der Waals surface area contributed by atoms with E-state index in [1.54, 1.807) is 0 Å². The Bertz CT molecular complexity index is 215. The molecular weight excluding hydrogens is 232 g/mol. The number of piperidine rings is 1. The molecule has 0 aromatic heterocycles. The highest BCUT2D eigenvalue weighted by Gasteiger charge is 2.25. The zero-order valence-electron chi connectivity index (χ0n) is 13.8. The van der Waals surface area contributed by atoms with Crippen molar-refractivity contribution in [3.63, 3.8) is 0 Å². The van der Waals surface area contributed by atoms with Crippen LogP contribution in [-0.2, 0) is 0 Å². The number of nitrogens with zero attached hydrogens (tertiary/aromatic N) is 1. The van der Waals surface area contributed by atoms with Crippen molar-refractivity contribution in [1.82, 2.24) is 10.2 Å². The molecule has 1 saturated heterocycles. The van der Waals surface area contributed by atoms with Crippen molar-refractivity contribution < 1.29 is 0 Å². The minimum Gasteiger partial charge on any atom is -0.314 e. The average Bonchev–Trinajstić information content (AvgIpc) is 2.44. The first-order valence-electron chi connectivity index (χ1n) is 8.66. The normalized spacial score (nSPS) is 24.3. The Morgan fingerprint density at radius 1 is 1.26 bits per heavy atom. The van der Waals surface area contributed by atoms with E-state index in [4.69, 9.17) is 0 Å². The first kappa shape index (κ1) is 17.0. The number of nitrogens with one attached hydrogen (secondary N) is 1. The summed E-state index contributed by atoms with van der Waals surface area (Å²) < 4.78 is 0. The second kappa shape index (κ2) is 9.77. The molecule has 3 atom stereocenters. The van der Waals surface area contributed by atoms with Crippen LogP contribution < -0.4 is 5.32 Å². The van der Waals surface area contributed by atoms with Crippen LogP contribution in [0.2, 0.25) is 0 Å². The molecule has 1 N–H and O–H groups in total. The molecule has 0 saturated carbocycles. The van der Waals surface area contributed by atoms with Gasteiger partial charge < -0.3 is 10.2 Å². The molecule has 1 aliphatic rings. The first-order valence-corrected chi connectivity index (χ1v) is 8.66. The largest absolute Gasteiger partial charge is 0.314 e. The van der Waals surface area contributed by atoms with E-state index >= 15 is 0 Å². The van der Waals surface area contributed by atoms with Crippen LogP contribution in [0.1, 0.15) is 66.2 Å². The van der Waals surface area contributed by atoms with Crippen LogP contribution in [0.25, 0.3) is 0 Å². The Morgan fingerprint density at radius 2 is 2.05 bits per heavy atom. The van der Waals surface area contributed by atoms with Gasteiger partial charge in [0.05, 0.1) is 0 Å². The second-order valence-electron chi connectivity index (χ2n) is 6.42. The Labute approximate surface area is 121 Å². The Kier molecular flexibility index (Phi) is 8.72. The minimum atomic E-state index is 0.684. The highest BCUT2D eigenvalue weighted by Crippen LogP contribution is 2.22. The van der Waals surface area contributed by atoms with Crippen molar-refractivity contribution in [1.29, 1.82) is 0 Å². The van der Waals surface area contributed by atoms with E-state index in [1.165, 1.54) is 58.2 Å². The fraction of sp³-hybridized carbons (Fsp3) is 1.00. The monoisotopic (exact) mass is 268 g/mol. The smallest absolute Gasteiger partial charge is 0.00791 e. The molecule has 1 rings (SSSR count). The highest BCUT2D eigenvalue weighted by molar-refractivity contribution is 4.81. The molecule has 114 valence electrons. The lowest BCUT2D eigenvalue weighted by molar-refractivity contribution is 0.128. The van der Waals surface area contributed by atoms with Crippen LogP contribution >= 0.6 is 0 Å². The fourth-order valence-corrected chi connectivity index (χ4v) is 3.44. The molecule has 1 aliphatic heterocycles. The maximum Gasteiger partial charge on any atom is 0.00791 e. The van der Waals surface area contributed by atoms with E-state index in [1.807, 2.05) is 0 Å². The molecule has 3 unspecified atom stereocenters. The third-order valence-corrected chi connectivity index (χ3v) is 4.83. The molecule has 19 heavy (non-hydrogen) atoms.